The Morgan fingerprint density at radius 1 is 0.973 bits per heavy atom. The zero-order valence-corrected chi connectivity index (χ0v) is 20.2. The molecule has 0 heterocycles. The van der Waals surface area contributed by atoms with E-state index in [0.29, 0.717) is 0 Å². The molecule has 1 aliphatic carbocycles. The van der Waals surface area contributed by atoms with Crippen LogP contribution in [0.5, 0.6) is 0 Å². The van der Waals surface area contributed by atoms with Gasteiger partial charge in [-0.15, -0.1) is 0 Å². The van der Waals surface area contributed by atoms with Crippen LogP contribution in [-0.4, -0.2) is 49.7 Å². The lowest BCUT2D eigenvalue weighted by Crippen LogP contribution is -2.43. The molecule has 0 aromatic heterocycles. The highest BCUT2D eigenvalue weighted by atomic mass is 32.2. The molecule has 37 heavy (non-hydrogen) atoms. The van der Waals surface area contributed by atoms with Crippen molar-refractivity contribution < 1.29 is 32.8 Å². The Morgan fingerprint density at radius 3 is 2.14 bits per heavy atom. The standard InChI is InChI=1S/C25H23N3O8S/c29-24(30)21(13-14-26-37(34,35)23-12-6-5-11-22(23)28(32)33)27-25(31)36-15-20-18-9-3-1-7-16(18)17-8-2-4-10-19(17)20/h1-12,20-21,26H,13-15H2,(H,27,31)(H,29,30)/t21-/m0/s1. The van der Waals surface area contributed by atoms with E-state index in [-0.39, 0.29) is 18.9 Å². The number of para-hydroxylation sites is 1. The van der Waals surface area contributed by atoms with E-state index in [2.05, 4.69) is 10.0 Å². The Hall–Kier alpha value is -4.29. The number of fused-ring (bicyclic) bond motifs is 3. The summed E-state index contributed by atoms with van der Waals surface area (Å²) in [7, 11) is -4.29. The molecule has 4 rings (SSSR count). The van der Waals surface area contributed by atoms with E-state index in [0.717, 1.165) is 34.4 Å². The summed E-state index contributed by atoms with van der Waals surface area (Å²) in [5.41, 5.74) is 3.47. The molecule has 0 spiro atoms. The Kier molecular flexibility index (Phi) is 7.50. The average molecular weight is 526 g/mol. The largest absolute Gasteiger partial charge is 0.480 e. The maximum atomic E-state index is 12.5. The third-order valence-electron chi connectivity index (χ3n) is 6.01. The summed E-state index contributed by atoms with van der Waals surface area (Å²) < 4.78 is 32.5. The van der Waals surface area contributed by atoms with E-state index < -0.39 is 50.2 Å². The number of carboxylic acid groups (broad SMARTS) is 1. The number of hydrogen-bond donors (Lipinski definition) is 3. The van der Waals surface area contributed by atoms with E-state index in [9.17, 15) is 33.2 Å². The second-order valence-corrected chi connectivity index (χ2v) is 10.0. The third kappa shape index (κ3) is 5.60. The summed E-state index contributed by atoms with van der Waals surface area (Å²) in [5.74, 6) is -1.60. The first-order valence-corrected chi connectivity index (χ1v) is 12.7. The van der Waals surface area contributed by atoms with E-state index in [1.807, 2.05) is 48.5 Å². The number of rotatable bonds is 10. The summed E-state index contributed by atoms with van der Waals surface area (Å²) in [5, 5.41) is 22.9. The lowest BCUT2D eigenvalue weighted by molar-refractivity contribution is -0.387. The first kappa shape index (κ1) is 25.8. The number of ether oxygens (including phenoxy) is 1. The molecule has 1 aliphatic rings. The molecule has 0 aliphatic heterocycles. The number of carboxylic acids is 1. The van der Waals surface area contributed by atoms with Crippen molar-refractivity contribution in [2.75, 3.05) is 13.2 Å². The van der Waals surface area contributed by atoms with Gasteiger partial charge in [-0.2, -0.15) is 0 Å². The van der Waals surface area contributed by atoms with Gasteiger partial charge in [0.15, 0.2) is 4.90 Å². The van der Waals surface area contributed by atoms with Crippen LogP contribution in [0.4, 0.5) is 10.5 Å². The first-order chi connectivity index (χ1) is 17.7. The normalized spacial score (nSPS) is 13.3. The SMILES string of the molecule is O=C(N[C@@H](CCNS(=O)(=O)c1ccccc1[N+](=O)[O-])C(=O)O)OCC1c2ccccc2-c2ccccc21. The second-order valence-electron chi connectivity index (χ2n) is 8.27. The van der Waals surface area contributed by atoms with Crippen LogP contribution in [0.3, 0.4) is 0 Å². The minimum absolute atomic E-state index is 0.0174. The number of nitrogens with one attached hydrogen (secondary N) is 2. The van der Waals surface area contributed by atoms with Crippen LogP contribution in [-0.2, 0) is 19.6 Å². The number of nitro groups is 1. The zero-order chi connectivity index (χ0) is 26.6. The predicted octanol–water partition coefficient (Wildman–Crippen LogP) is 3.26. The lowest BCUT2D eigenvalue weighted by atomic mass is 9.98. The van der Waals surface area contributed by atoms with Gasteiger partial charge in [0.1, 0.15) is 12.6 Å². The van der Waals surface area contributed by atoms with Crippen molar-refractivity contribution >= 4 is 27.8 Å². The van der Waals surface area contributed by atoms with Crippen molar-refractivity contribution in [3.05, 3.63) is 94.0 Å². The van der Waals surface area contributed by atoms with E-state index >= 15 is 0 Å². The number of nitrogens with zero attached hydrogens (tertiary/aromatic N) is 1. The molecule has 0 unspecified atom stereocenters. The molecule has 0 bridgehead atoms. The highest BCUT2D eigenvalue weighted by molar-refractivity contribution is 7.89. The van der Waals surface area contributed by atoms with Gasteiger partial charge < -0.3 is 15.2 Å². The number of amides is 1. The molecular formula is C25H23N3O8S. The Morgan fingerprint density at radius 2 is 1.54 bits per heavy atom. The Bertz CT molecular complexity index is 1410. The minimum Gasteiger partial charge on any atom is -0.480 e. The molecule has 11 nitrogen and oxygen atoms in total. The zero-order valence-electron chi connectivity index (χ0n) is 19.4. The smallest absolute Gasteiger partial charge is 0.407 e. The fourth-order valence-corrected chi connectivity index (χ4v) is 5.51. The van der Waals surface area contributed by atoms with Crippen molar-refractivity contribution in [1.82, 2.24) is 10.0 Å². The quantitative estimate of drug-likeness (QED) is 0.268. The number of carbonyl (C=O) groups is 2. The maximum Gasteiger partial charge on any atom is 0.407 e. The number of carbonyl (C=O) groups excluding carboxylic acids is 1. The monoisotopic (exact) mass is 525 g/mol. The van der Waals surface area contributed by atoms with Crippen LogP contribution in [0.15, 0.2) is 77.7 Å². The van der Waals surface area contributed by atoms with Gasteiger partial charge in [0.05, 0.1) is 4.92 Å². The third-order valence-corrected chi connectivity index (χ3v) is 7.52. The van der Waals surface area contributed by atoms with E-state index in [4.69, 9.17) is 4.74 Å². The van der Waals surface area contributed by atoms with Crippen LogP contribution in [0.2, 0.25) is 0 Å². The summed E-state index contributed by atoms with van der Waals surface area (Å²) in [6, 6.07) is 18.8. The van der Waals surface area contributed by atoms with Crippen LogP contribution < -0.4 is 10.0 Å². The number of sulfonamides is 1. The van der Waals surface area contributed by atoms with Crippen LogP contribution in [0.25, 0.3) is 11.1 Å². The highest BCUT2D eigenvalue weighted by Crippen LogP contribution is 2.44. The maximum absolute atomic E-state index is 12.5. The topological polar surface area (TPSA) is 165 Å². The van der Waals surface area contributed by atoms with Gasteiger partial charge in [-0.05, 0) is 34.7 Å². The molecule has 192 valence electrons. The van der Waals surface area contributed by atoms with Crippen LogP contribution in [0, 0.1) is 10.1 Å². The van der Waals surface area contributed by atoms with Gasteiger partial charge in [0.25, 0.3) is 5.69 Å². The number of hydrogen-bond acceptors (Lipinski definition) is 7. The van der Waals surface area contributed by atoms with Crippen LogP contribution in [0.1, 0.15) is 23.5 Å². The Balaban J connectivity index is 1.36. The van der Waals surface area contributed by atoms with E-state index in [1.165, 1.54) is 12.1 Å². The van der Waals surface area contributed by atoms with Crippen molar-refractivity contribution in [1.29, 1.82) is 0 Å². The lowest BCUT2D eigenvalue weighted by Gasteiger charge is -2.17. The highest BCUT2D eigenvalue weighted by Gasteiger charge is 2.30. The molecule has 3 aromatic carbocycles. The number of nitro benzene ring substituents is 1. The van der Waals surface area contributed by atoms with Crippen molar-refractivity contribution in [3.8, 4) is 11.1 Å². The fourth-order valence-electron chi connectivity index (χ4n) is 4.29. The molecule has 1 amide bonds. The summed E-state index contributed by atoms with van der Waals surface area (Å²) in [4.78, 5) is 33.8. The molecule has 0 saturated heterocycles. The van der Waals surface area contributed by atoms with Gasteiger partial charge in [0, 0.05) is 18.5 Å². The molecule has 3 N–H and O–H groups in total. The number of benzene rings is 3. The summed E-state index contributed by atoms with van der Waals surface area (Å²) >= 11 is 0. The fraction of sp³-hybridized carbons (Fsp3) is 0.200. The predicted molar refractivity (Wildman–Crippen MR) is 133 cm³/mol. The Labute approximate surface area is 212 Å². The van der Waals surface area contributed by atoms with Gasteiger partial charge >= 0.3 is 12.1 Å². The van der Waals surface area contributed by atoms with Gasteiger partial charge in [-0.3, -0.25) is 10.1 Å². The van der Waals surface area contributed by atoms with Gasteiger partial charge in [-0.25, -0.2) is 22.7 Å². The van der Waals surface area contributed by atoms with Crippen molar-refractivity contribution in [2.24, 2.45) is 0 Å². The average Bonchev–Trinajstić information content (AvgIpc) is 3.20. The molecule has 0 radical (unpaired) electrons. The first-order valence-electron chi connectivity index (χ1n) is 11.3. The van der Waals surface area contributed by atoms with Gasteiger partial charge in [0.2, 0.25) is 10.0 Å². The van der Waals surface area contributed by atoms with Gasteiger partial charge in [-0.1, -0.05) is 60.7 Å². The van der Waals surface area contributed by atoms with Crippen molar-refractivity contribution in [3.63, 3.8) is 0 Å². The van der Waals surface area contributed by atoms with Crippen molar-refractivity contribution in [2.45, 2.75) is 23.3 Å². The molecule has 12 heteroatoms. The molecule has 0 fully saturated rings. The molecule has 1 atom stereocenters. The van der Waals surface area contributed by atoms with Crippen LogP contribution >= 0.6 is 0 Å². The number of aliphatic carboxylic acids is 1. The molecular weight excluding hydrogens is 502 g/mol. The van der Waals surface area contributed by atoms with E-state index in [1.54, 1.807) is 0 Å². The summed E-state index contributed by atoms with van der Waals surface area (Å²) in [6.45, 7) is -0.411. The minimum atomic E-state index is -4.29. The second kappa shape index (κ2) is 10.8. The molecule has 0 saturated carbocycles. The number of alkyl carbamates (subject to hydrolysis) is 1. The summed E-state index contributed by atoms with van der Waals surface area (Å²) in [6.07, 6.45) is -1.28. The molecule has 3 aromatic rings.